The van der Waals surface area contributed by atoms with E-state index >= 15 is 0 Å². The van der Waals surface area contributed by atoms with Crippen LogP contribution >= 0.6 is 0 Å². The predicted octanol–water partition coefficient (Wildman–Crippen LogP) is -3.29. The van der Waals surface area contributed by atoms with E-state index in [1.54, 1.807) is 0 Å². The van der Waals surface area contributed by atoms with E-state index in [0.717, 1.165) is 0 Å². The van der Waals surface area contributed by atoms with Crippen LogP contribution in [0.1, 0.15) is 0 Å². The van der Waals surface area contributed by atoms with Gasteiger partial charge in [-0.2, -0.15) is 0 Å². The summed E-state index contributed by atoms with van der Waals surface area (Å²) in [7, 11) is 0. The minimum absolute atomic E-state index is 0. The van der Waals surface area contributed by atoms with Gasteiger partial charge in [-0.3, -0.25) is 0 Å². The second kappa shape index (κ2) is 25.0. The van der Waals surface area contributed by atoms with E-state index in [9.17, 15) is 0 Å². The quantitative estimate of drug-likeness (QED) is 0.262. The van der Waals surface area contributed by atoms with Gasteiger partial charge in [0.1, 0.15) is 0 Å². The predicted molar refractivity (Wildman–Crippen MR) is 28.4 cm³/mol. The Kier molecular flexibility index (Phi) is 185. The maximum absolute atomic E-state index is 0. The molecule has 0 aromatic carbocycles. The summed E-state index contributed by atoms with van der Waals surface area (Å²) < 4.78 is 0. The average molecular weight is 584 g/mol. The summed E-state index contributed by atoms with van der Waals surface area (Å²) in [6.45, 7) is 0. The molecule has 0 nitrogen and oxygen atoms in total. The zero-order valence-corrected chi connectivity index (χ0v) is 19.4. The van der Waals surface area contributed by atoms with Crippen molar-refractivity contribution in [2.24, 2.45) is 0 Å². The van der Waals surface area contributed by atoms with Crippen molar-refractivity contribution in [3.05, 3.63) is 0 Å². The fourth-order valence-electron chi connectivity index (χ4n) is 0. The summed E-state index contributed by atoms with van der Waals surface area (Å²) in [6, 6.07) is 0. The van der Waals surface area contributed by atoms with Gasteiger partial charge in [0.25, 0.3) is 0 Å². The smallest absolute Gasteiger partial charge is 0 e. The monoisotopic (exact) mass is 588 g/mol. The standard InChI is InChI=1S/Cd.GeH4.Pb.Sn.Zn.4H/h;1H4;;;;;;;. The summed E-state index contributed by atoms with van der Waals surface area (Å²) in [5.41, 5.74) is 0. The molecule has 0 atom stereocenters. The van der Waals surface area contributed by atoms with Gasteiger partial charge < -0.3 is 0 Å². The minimum Gasteiger partial charge on any atom is 0 e. The fraction of sp³-hybridized carbons (Fsp3) is 0. The summed E-state index contributed by atoms with van der Waals surface area (Å²) >= 11 is 0. The van der Waals surface area contributed by atoms with Crippen LogP contribution in [0.3, 0.4) is 0 Å². The van der Waals surface area contributed by atoms with Crippen LogP contribution in [0.15, 0.2) is 0 Å². The van der Waals surface area contributed by atoms with E-state index in [0.29, 0.717) is 0 Å². The Morgan fingerprint density at radius 1 is 1.00 bits per heavy atom. The summed E-state index contributed by atoms with van der Waals surface area (Å²) in [5, 5.41) is 0. The van der Waals surface area contributed by atoms with Crippen molar-refractivity contribution in [3.8, 4) is 0 Å². The molecule has 4 radical (unpaired) electrons. The summed E-state index contributed by atoms with van der Waals surface area (Å²) in [5.74, 6) is 0. The zero-order chi connectivity index (χ0) is 0. The van der Waals surface area contributed by atoms with Crippen molar-refractivity contribution >= 4 is 68.8 Å². The van der Waals surface area contributed by atoms with E-state index < -0.39 is 0 Å². The molecule has 0 aromatic rings. The molecule has 5 heavy (non-hydrogen) atoms. The Bertz CT molecular complexity index is 11.6. The number of hydrogen-bond acceptors (Lipinski definition) is 0. The van der Waals surface area contributed by atoms with Crippen molar-refractivity contribution in [2.75, 3.05) is 0 Å². The minimum atomic E-state index is 0. The Morgan fingerprint density at radius 3 is 1.00 bits per heavy atom. The molecular weight excluding hydrogens is 576 g/mol. The first-order valence-corrected chi connectivity index (χ1v) is 0. The normalized spacial score (nSPS) is 0. The third-order valence-corrected chi connectivity index (χ3v) is 0. The molecule has 0 saturated carbocycles. The van der Waals surface area contributed by atoms with Crippen molar-refractivity contribution in [3.63, 3.8) is 0 Å². The van der Waals surface area contributed by atoms with E-state index in [2.05, 4.69) is 0 Å². The van der Waals surface area contributed by atoms with E-state index in [4.69, 9.17) is 0 Å². The molecule has 0 aliphatic rings. The maximum Gasteiger partial charge on any atom is 0 e. The van der Waals surface area contributed by atoms with Crippen LogP contribution < -0.4 is 0 Å². The third kappa shape index (κ3) is 18.2. The first-order chi connectivity index (χ1) is 0. The van der Waals surface area contributed by atoms with Gasteiger partial charge >= 0.3 is 68.8 Å². The summed E-state index contributed by atoms with van der Waals surface area (Å²) in [6.07, 6.45) is 0. The van der Waals surface area contributed by atoms with Crippen LogP contribution in [0, 0.1) is 0 Å². The molecule has 0 rings (SSSR count). The van der Waals surface area contributed by atoms with E-state index in [1.807, 2.05) is 0 Å². The molecule has 0 N–H and O–H groups in total. The molecule has 0 bridgehead atoms. The molecule has 24 valence electrons. The van der Waals surface area contributed by atoms with Crippen LogP contribution in [-0.4, -0.2) is 68.8 Å². The molecule has 0 amide bonds. The third-order valence-electron chi connectivity index (χ3n) is 0. The summed E-state index contributed by atoms with van der Waals surface area (Å²) in [4.78, 5) is 0. The Hall–Kier alpha value is 3.81. The van der Waals surface area contributed by atoms with Crippen LogP contribution in [0.2, 0.25) is 0 Å². The molecule has 0 aliphatic carbocycles. The topological polar surface area (TPSA) is 0 Å². The molecular formula is H8CdGePbSnZn. The SMILES string of the molecule is [Cd].[GeH4].[PbH2].[SnH2].[Zn]. The molecule has 0 heterocycles. The van der Waals surface area contributed by atoms with Crippen LogP contribution in [0.5, 0.6) is 0 Å². The average Bonchev–Trinajstić information content (AvgIpc) is 0. The van der Waals surface area contributed by atoms with Crippen molar-refractivity contribution in [1.29, 1.82) is 0 Å². The van der Waals surface area contributed by atoms with Gasteiger partial charge in [0.15, 0.2) is 0 Å². The molecule has 0 aliphatic heterocycles. The van der Waals surface area contributed by atoms with Crippen LogP contribution in [-0.2, 0) is 46.8 Å². The van der Waals surface area contributed by atoms with Crippen molar-refractivity contribution in [1.82, 2.24) is 0 Å². The van der Waals surface area contributed by atoms with Gasteiger partial charge in [0.05, 0.1) is 0 Å². The largest absolute Gasteiger partial charge is 0 e. The first kappa shape index (κ1) is 37.0. The molecule has 0 fully saturated rings. The second-order valence-corrected chi connectivity index (χ2v) is 0. The van der Waals surface area contributed by atoms with Gasteiger partial charge in [-0.15, -0.1) is 0 Å². The van der Waals surface area contributed by atoms with Gasteiger partial charge in [0.2, 0.25) is 0 Å². The van der Waals surface area contributed by atoms with Crippen molar-refractivity contribution < 1.29 is 46.8 Å². The van der Waals surface area contributed by atoms with Gasteiger partial charge in [-0.05, 0) is 0 Å². The number of hydrogen-bond donors (Lipinski definition) is 0. The zero-order valence-electron chi connectivity index (χ0n) is 2.83. The van der Waals surface area contributed by atoms with Gasteiger partial charge in [-0.1, -0.05) is 0 Å². The Labute approximate surface area is 113 Å². The first-order valence-electron chi connectivity index (χ1n) is 0. The Morgan fingerprint density at radius 2 is 1.00 bits per heavy atom. The number of rotatable bonds is 0. The van der Waals surface area contributed by atoms with Crippen LogP contribution in [0.25, 0.3) is 0 Å². The molecule has 0 unspecified atom stereocenters. The van der Waals surface area contributed by atoms with Crippen molar-refractivity contribution in [2.45, 2.75) is 0 Å². The van der Waals surface area contributed by atoms with Gasteiger partial charge in [-0.25, -0.2) is 0 Å². The maximum atomic E-state index is 0. The van der Waals surface area contributed by atoms with E-state index in [1.165, 1.54) is 0 Å². The van der Waals surface area contributed by atoms with Gasteiger partial charge in [0, 0.05) is 46.8 Å². The molecule has 5 heteroatoms. The fourth-order valence-corrected chi connectivity index (χ4v) is 0. The second-order valence-electron chi connectivity index (χ2n) is 0. The molecule has 0 aromatic heterocycles. The Balaban J connectivity index is 0. The van der Waals surface area contributed by atoms with Crippen LogP contribution in [0.4, 0.5) is 0 Å². The molecule has 0 spiro atoms. The van der Waals surface area contributed by atoms with E-state index in [-0.39, 0.29) is 116 Å². The molecule has 0 saturated heterocycles.